The molecule has 0 saturated carbocycles. The molecule has 0 saturated heterocycles. The molecule has 162 valence electrons. The second kappa shape index (κ2) is 7.67. The van der Waals surface area contributed by atoms with Crippen LogP contribution in [0.25, 0.3) is 11.0 Å². The molecule has 31 heavy (non-hydrogen) atoms. The molecule has 2 N–H and O–H groups in total. The van der Waals surface area contributed by atoms with Crippen LogP contribution in [0.4, 0.5) is 11.4 Å². The van der Waals surface area contributed by atoms with Crippen molar-refractivity contribution < 1.29 is 9.59 Å². The summed E-state index contributed by atoms with van der Waals surface area (Å²) >= 11 is 1.46. The lowest BCUT2D eigenvalue weighted by Crippen LogP contribution is -2.24. The normalized spacial score (nSPS) is 14.0. The molecule has 3 aromatic rings. The summed E-state index contributed by atoms with van der Waals surface area (Å²) in [4.78, 5) is 30.8. The summed E-state index contributed by atoms with van der Waals surface area (Å²) in [6.45, 7) is 12.3. The van der Waals surface area contributed by atoms with Gasteiger partial charge in [0.05, 0.1) is 33.6 Å². The van der Waals surface area contributed by atoms with Gasteiger partial charge in [0.2, 0.25) is 5.91 Å². The molecule has 0 bridgehead atoms. The number of pyridine rings is 1. The number of hydrogen-bond donors (Lipinski definition) is 2. The van der Waals surface area contributed by atoms with Gasteiger partial charge in [-0.1, -0.05) is 13.8 Å². The Morgan fingerprint density at radius 1 is 1.26 bits per heavy atom. The quantitative estimate of drug-likeness (QED) is 0.607. The van der Waals surface area contributed by atoms with Gasteiger partial charge in [0, 0.05) is 16.3 Å². The number of nitrogens with one attached hydrogen (secondary N) is 2. The SMILES string of the molecule is Cc1nn(C(C)(C)C)c2nc(C(C)C)cc(C(=O)Nc3ccc4c(c3)SCC(=O)N4)c12. The smallest absolute Gasteiger partial charge is 0.256 e. The third-order valence-corrected chi connectivity index (χ3v) is 6.23. The molecular formula is C23H27N5O2S. The Kier molecular flexibility index (Phi) is 5.29. The van der Waals surface area contributed by atoms with E-state index in [-0.39, 0.29) is 23.3 Å². The number of carbonyl (C=O) groups excluding carboxylic acids is 2. The highest BCUT2D eigenvalue weighted by atomic mass is 32.2. The second-order valence-electron chi connectivity index (χ2n) is 9.12. The summed E-state index contributed by atoms with van der Waals surface area (Å²) < 4.78 is 1.90. The standard InChI is InChI=1S/C23H27N5O2S/c1-12(2)17-10-15(20-13(3)27-28(21(20)26-17)23(4,5)6)22(30)24-14-7-8-16-18(9-14)31-11-19(29)25-16/h7-10,12H,11H2,1-6H3,(H,24,30)(H,25,29). The first-order valence-electron chi connectivity index (χ1n) is 10.3. The highest BCUT2D eigenvalue weighted by Crippen LogP contribution is 2.34. The van der Waals surface area contributed by atoms with Crippen LogP contribution in [0.1, 0.15) is 62.3 Å². The van der Waals surface area contributed by atoms with E-state index >= 15 is 0 Å². The molecule has 3 heterocycles. The molecule has 7 nitrogen and oxygen atoms in total. The monoisotopic (exact) mass is 437 g/mol. The molecule has 0 radical (unpaired) electrons. The van der Waals surface area contributed by atoms with Gasteiger partial charge in [0.25, 0.3) is 5.91 Å². The Hall–Kier alpha value is -2.87. The van der Waals surface area contributed by atoms with E-state index < -0.39 is 0 Å². The van der Waals surface area contributed by atoms with Crippen LogP contribution in [0.2, 0.25) is 0 Å². The molecule has 0 aliphatic carbocycles. The van der Waals surface area contributed by atoms with E-state index in [1.54, 1.807) is 6.07 Å². The van der Waals surface area contributed by atoms with Crippen LogP contribution in [0.15, 0.2) is 29.2 Å². The average Bonchev–Trinajstić information content (AvgIpc) is 3.04. The van der Waals surface area contributed by atoms with E-state index in [1.807, 2.05) is 29.8 Å². The minimum Gasteiger partial charge on any atom is -0.324 e. The second-order valence-corrected chi connectivity index (χ2v) is 10.1. The van der Waals surface area contributed by atoms with Gasteiger partial charge in [-0.2, -0.15) is 5.10 Å². The Labute approximate surface area is 186 Å². The maximum absolute atomic E-state index is 13.4. The highest BCUT2D eigenvalue weighted by Gasteiger charge is 2.25. The third-order valence-electron chi connectivity index (χ3n) is 5.18. The molecule has 1 aliphatic heterocycles. The number of aromatic nitrogens is 3. The number of anilines is 2. The van der Waals surface area contributed by atoms with Gasteiger partial charge in [-0.15, -0.1) is 11.8 Å². The summed E-state index contributed by atoms with van der Waals surface area (Å²) in [5.74, 6) is 0.332. The maximum atomic E-state index is 13.4. The lowest BCUT2D eigenvalue weighted by atomic mass is 10.0. The van der Waals surface area contributed by atoms with Crippen LogP contribution in [0.3, 0.4) is 0 Å². The summed E-state index contributed by atoms with van der Waals surface area (Å²) in [7, 11) is 0. The van der Waals surface area contributed by atoms with Crippen molar-refractivity contribution >= 4 is 46.0 Å². The number of thioether (sulfide) groups is 1. The summed E-state index contributed by atoms with van der Waals surface area (Å²) in [6.07, 6.45) is 0. The van der Waals surface area contributed by atoms with Gasteiger partial charge >= 0.3 is 0 Å². The first kappa shape index (κ1) is 21.4. The predicted octanol–water partition coefficient (Wildman–Crippen LogP) is 4.91. The van der Waals surface area contributed by atoms with Gasteiger partial charge in [0.15, 0.2) is 5.65 Å². The van der Waals surface area contributed by atoms with Crippen LogP contribution in [-0.4, -0.2) is 32.3 Å². The zero-order chi connectivity index (χ0) is 22.5. The van der Waals surface area contributed by atoms with Crippen molar-refractivity contribution in [1.82, 2.24) is 14.8 Å². The minimum atomic E-state index is -0.261. The Morgan fingerprint density at radius 2 is 2.00 bits per heavy atom. The first-order chi connectivity index (χ1) is 14.5. The van der Waals surface area contributed by atoms with E-state index in [4.69, 9.17) is 10.1 Å². The van der Waals surface area contributed by atoms with Gasteiger partial charge in [-0.05, 0) is 57.9 Å². The molecule has 0 fully saturated rings. The van der Waals surface area contributed by atoms with E-state index in [2.05, 4.69) is 45.3 Å². The fourth-order valence-electron chi connectivity index (χ4n) is 3.60. The van der Waals surface area contributed by atoms with Crippen molar-refractivity contribution in [1.29, 1.82) is 0 Å². The first-order valence-corrected chi connectivity index (χ1v) is 11.3. The Bertz CT molecular complexity index is 1210. The van der Waals surface area contributed by atoms with Crippen LogP contribution >= 0.6 is 11.8 Å². The largest absolute Gasteiger partial charge is 0.324 e. The lowest BCUT2D eigenvalue weighted by molar-refractivity contribution is -0.113. The number of nitrogens with zero attached hydrogens (tertiary/aromatic N) is 3. The number of amides is 2. The number of fused-ring (bicyclic) bond motifs is 2. The Morgan fingerprint density at radius 3 is 2.68 bits per heavy atom. The molecule has 2 aromatic heterocycles. The van der Waals surface area contributed by atoms with Crippen LogP contribution in [0.5, 0.6) is 0 Å². The van der Waals surface area contributed by atoms with E-state index in [9.17, 15) is 9.59 Å². The number of aryl methyl sites for hydroxylation is 1. The van der Waals surface area contributed by atoms with Crippen molar-refractivity contribution in [2.45, 2.75) is 57.9 Å². The average molecular weight is 438 g/mol. The van der Waals surface area contributed by atoms with Crippen molar-refractivity contribution in [3.8, 4) is 0 Å². The number of benzene rings is 1. The number of rotatable bonds is 3. The zero-order valence-electron chi connectivity index (χ0n) is 18.7. The van der Waals surface area contributed by atoms with Gasteiger partial charge in [-0.25, -0.2) is 9.67 Å². The van der Waals surface area contributed by atoms with Crippen LogP contribution in [0, 0.1) is 6.92 Å². The number of hydrogen-bond acceptors (Lipinski definition) is 5. The van der Waals surface area contributed by atoms with Gasteiger partial charge in [-0.3, -0.25) is 9.59 Å². The minimum absolute atomic E-state index is 0.0130. The Balaban J connectivity index is 1.77. The molecule has 2 amide bonds. The molecule has 0 spiro atoms. The van der Waals surface area contributed by atoms with Crippen LogP contribution < -0.4 is 10.6 Å². The summed E-state index contributed by atoms with van der Waals surface area (Å²) in [5, 5.41) is 11.4. The lowest BCUT2D eigenvalue weighted by Gasteiger charge is -2.20. The number of carbonyl (C=O) groups is 2. The molecule has 8 heteroatoms. The molecule has 4 rings (SSSR count). The van der Waals surface area contributed by atoms with E-state index in [0.29, 0.717) is 17.0 Å². The van der Waals surface area contributed by atoms with Gasteiger partial charge < -0.3 is 10.6 Å². The maximum Gasteiger partial charge on any atom is 0.256 e. The zero-order valence-corrected chi connectivity index (χ0v) is 19.5. The predicted molar refractivity (Wildman–Crippen MR) is 125 cm³/mol. The van der Waals surface area contributed by atoms with E-state index in [0.717, 1.165) is 33.0 Å². The topological polar surface area (TPSA) is 88.9 Å². The van der Waals surface area contributed by atoms with Crippen molar-refractivity contribution in [2.24, 2.45) is 0 Å². The molecule has 1 aliphatic rings. The molecule has 0 unspecified atom stereocenters. The van der Waals surface area contributed by atoms with Crippen molar-refractivity contribution in [3.05, 3.63) is 41.2 Å². The molecule has 0 atom stereocenters. The fraction of sp³-hybridized carbons (Fsp3) is 0.391. The summed E-state index contributed by atoms with van der Waals surface area (Å²) in [6, 6.07) is 7.39. The molecular weight excluding hydrogens is 410 g/mol. The molecule has 1 aromatic carbocycles. The highest BCUT2D eigenvalue weighted by molar-refractivity contribution is 8.00. The van der Waals surface area contributed by atoms with Crippen molar-refractivity contribution in [2.75, 3.05) is 16.4 Å². The third kappa shape index (κ3) is 4.04. The van der Waals surface area contributed by atoms with Crippen LogP contribution in [-0.2, 0) is 10.3 Å². The summed E-state index contributed by atoms with van der Waals surface area (Å²) in [5.41, 5.74) is 4.13. The fourth-order valence-corrected chi connectivity index (χ4v) is 4.45. The van der Waals surface area contributed by atoms with E-state index in [1.165, 1.54) is 11.8 Å². The van der Waals surface area contributed by atoms with Crippen molar-refractivity contribution in [3.63, 3.8) is 0 Å². The van der Waals surface area contributed by atoms with Gasteiger partial charge in [0.1, 0.15) is 0 Å².